The topological polar surface area (TPSA) is 102 Å². The summed E-state index contributed by atoms with van der Waals surface area (Å²) in [6, 6.07) is 4.10. The molecule has 8 heteroatoms. The van der Waals surface area contributed by atoms with Gasteiger partial charge in [-0.05, 0) is 45.4 Å². The SMILES string of the molecule is CCCC(C)C(=O)Nc1ccc(F)c([C@]2(C)CS(=O)(=O)C(C)(C)C(N)=N2)c1. The number of anilines is 1. The lowest BCUT2D eigenvalue weighted by Gasteiger charge is -2.38. The first kappa shape index (κ1) is 21.3. The standard InChI is InChI=1S/C19H28FN3O3S/c1-6-7-12(2)16(24)22-13-8-9-15(20)14(10-13)19(5)11-27(25,26)18(3,4)17(21)23-19/h8-10,12H,6-7,11H2,1-5H3,(H2,21,23)(H,22,24)/t12?,19-/m0/s1. The number of amides is 1. The molecule has 0 saturated heterocycles. The smallest absolute Gasteiger partial charge is 0.227 e. The highest BCUT2D eigenvalue weighted by Gasteiger charge is 2.49. The van der Waals surface area contributed by atoms with Crippen LogP contribution in [-0.4, -0.2) is 30.7 Å². The van der Waals surface area contributed by atoms with Crippen molar-refractivity contribution in [3.8, 4) is 0 Å². The van der Waals surface area contributed by atoms with E-state index in [-0.39, 0.29) is 29.0 Å². The van der Waals surface area contributed by atoms with Crippen molar-refractivity contribution in [3.05, 3.63) is 29.6 Å². The predicted molar refractivity (Wildman–Crippen MR) is 106 cm³/mol. The molecular formula is C19H28FN3O3S. The molecule has 27 heavy (non-hydrogen) atoms. The van der Waals surface area contributed by atoms with Gasteiger partial charge in [-0.1, -0.05) is 20.3 Å². The summed E-state index contributed by atoms with van der Waals surface area (Å²) in [6.45, 7) is 8.33. The van der Waals surface area contributed by atoms with Gasteiger partial charge in [0.25, 0.3) is 0 Å². The van der Waals surface area contributed by atoms with E-state index in [0.29, 0.717) is 5.69 Å². The van der Waals surface area contributed by atoms with Gasteiger partial charge in [0, 0.05) is 17.2 Å². The molecule has 1 amide bonds. The molecule has 1 aromatic carbocycles. The minimum atomic E-state index is -3.65. The summed E-state index contributed by atoms with van der Waals surface area (Å²) in [5.41, 5.74) is 5.05. The fraction of sp³-hybridized carbons (Fsp3) is 0.579. The Morgan fingerprint density at radius 1 is 1.37 bits per heavy atom. The molecule has 3 N–H and O–H groups in total. The third-order valence-electron chi connectivity index (χ3n) is 5.22. The number of aliphatic imine (C=N–C) groups is 1. The van der Waals surface area contributed by atoms with Crippen LogP contribution >= 0.6 is 0 Å². The first-order valence-corrected chi connectivity index (χ1v) is 10.7. The number of halogens is 1. The number of benzene rings is 1. The largest absolute Gasteiger partial charge is 0.386 e. The fourth-order valence-corrected chi connectivity index (χ4v) is 4.81. The zero-order valence-corrected chi connectivity index (χ0v) is 17.3. The van der Waals surface area contributed by atoms with Crippen molar-refractivity contribution in [2.45, 2.75) is 57.7 Å². The summed E-state index contributed by atoms with van der Waals surface area (Å²) in [5, 5.41) is 2.76. The number of nitrogens with zero attached hydrogens (tertiary/aromatic N) is 1. The van der Waals surface area contributed by atoms with E-state index in [1.165, 1.54) is 39.0 Å². The molecular weight excluding hydrogens is 369 g/mol. The lowest BCUT2D eigenvalue weighted by molar-refractivity contribution is -0.119. The van der Waals surface area contributed by atoms with E-state index in [4.69, 9.17) is 5.73 Å². The quantitative estimate of drug-likeness (QED) is 0.797. The molecule has 1 aliphatic rings. The van der Waals surface area contributed by atoms with Crippen LogP contribution in [0.25, 0.3) is 0 Å². The Labute approximate surface area is 160 Å². The average Bonchev–Trinajstić information content (AvgIpc) is 2.54. The van der Waals surface area contributed by atoms with Crippen LogP contribution in [0.3, 0.4) is 0 Å². The number of amidine groups is 1. The fourth-order valence-electron chi connectivity index (χ4n) is 3.13. The second-order valence-electron chi connectivity index (χ2n) is 7.91. The number of carbonyl (C=O) groups is 1. The van der Waals surface area contributed by atoms with E-state index in [9.17, 15) is 17.6 Å². The molecule has 2 rings (SSSR count). The number of rotatable bonds is 5. The number of hydrogen-bond acceptors (Lipinski definition) is 5. The van der Waals surface area contributed by atoms with Gasteiger partial charge < -0.3 is 11.1 Å². The first-order chi connectivity index (χ1) is 12.3. The van der Waals surface area contributed by atoms with Crippen LogP contribution in [0.4, 0.5) is 10.1 Å². The number of nitrogens with one attached hydrogen (secondary N) is 1. The van der Waals surface area contributed by atoms with Gasteiger partial charge in [-0.15, -0.1) is 0 Å². The van der Waals surface area contributed by atoms with E-state index >= 15 is 0 Å². The molecule has 0 saturated carbocycles. The summed E-state index contributed by atoms with van der Waals surface area (Å²) in [6.07, 6.45) is 1.62. The molecule has 0 aromatic heterocycles. The lowest BCUT2D eigenvalue weighted by Crippen LogP contribution is -2.55. The maximum atomic E-state index is 14.6. The van der Waals surface area contributed by atoms with Crippen LogP contribution in [0.2, 0.25) is 0 Å². The summed E-state index contributed by atoms with van der Waals surface area (Å²) >= 11 is 0. The highest BCUT2D eigenvalue weighted by Crippen LogP contribution is 2.38. The molecule has 0 bridgehead atoms. The second kappa shape index (κ2) is 7.22. The first-order valence-electron chi connectivity index (χ1n) is 9.03. The van der Waals surface area contributed by atoms with Crippen molar-refractivity contribution in [1.82, 2.24) is 0 Å². The van der Waals surface area contributed by atoms with E-state index in [2.05, 4.69) is 10.3 Å². The monoisotopic (exact) mass is 397 g/mol. The van der Waals surface area contributed by atoms with E-state index < -0.39 is 25.9 Å². The molecule has 150 valence electrons. The van der Waals surface area contributed by atoms with Crippen LogP contribution in [0, 0.1) is 11.7 Å². The minimum Gasteiger partial charge on any atom is -0.386 e. The van der Waals surface area contributed by atoms with Crippen molar-refractivity contribution in [3.63, 3.8) is 0 Å². The number of nitrogens with two attached hydrogens (primary N) is 1. The van der Waals surface area contributed by atoms with Crippen LogP contribution in [0.5, 0.6) is 0 Å². The summed E-state index contributed by atoms with van der Waals surface area (Å²) in [7, 11) is -3.65. The predicted octanol–water partition coefficient (Wildman–Crippen LogP) is 2.98. The summed E-state index contributed by atoms with van der Waals surface area (Å²) in [4.78, 5) is 16.6. The Kier molecular flexibility index (Phi) is 5.71. The Morgan fingerprint density at radius 3 is 2.56 bits per heavy atom. The van der Waals surface area contributed by atoms with Gasteiger partial charge in [-0.25, -0.2) is 12.8 Å². The van der Waals surface area contributed by atoms with Gasteiger partial charge in [0.1, 0.15) is 21.9 Å². The Morgan fingerprint density at radius 2 is 2.00 bits per heavy atom. The highest BCUT2D eigenvalue weighted by atomic mass is 32.2. The van der Waals surface area contributed by atoms with Gasteiger partial charge in [-0.2, -0.15) is 0 Å². The van der Waals surface area contributed by atoms with Gasteiger partial charge in [-0.3, -0.25) is 9.79 Å². The maximum absolute atomic E-state index is 14.6. The third kappa shape index (κ3) is 4.00. The number of hydrogen-bond donors (Lipinski definition) is 2. The molecule has 0 aliphatic carbocycles. The van der Waals surface area contributed by atoms with Gasteiger partial charge >= 0.3 is 0 Å². The molecule has 6 nitrogen and oxygen atoms in total. The third-order valence-corrected chi connectivity index (χ3v) is 7.92. The summed E-state index contributed by atoms with van der Waals surface area (Å²) < 4.78 is 38.6. The van der Waals surface area contributed by atoms with Gasteiger partial charge in [0.05, 0.1) is 5.75 Å². The summed E-state index contributed by atoms with van der Waals surface area (Å²) in [5.74, 6) is -1.36. The van der Waals surface area contributed by atoms with Crippen molar-refractivity contribution < 1.29 is 17.6 Å². The lowest BCUT2D eigenvalue weighted by atomic mass is 9.92. The van der Waals surface area contributed by atoms with Crippen LogP contribution in [0.1, 0.15) is 53.0 Å². The van der Waals surface area contributed by atoms with Crippen LogP contribution < -0.4 is 11.1 Å². The normalized spacial score (nSPS) is 24.7. The van der Waals surface area contributed by atoms with Crippen molar-refractivity contribution in [1.29, 1.82) is 0 Å². The van der Waals surface area contributed by atoms with E-state index in [1.54, 1.807) is 0 Å². The van der Waals surface area contributed by atoms with E-state index in [1.807, 2.05) is 13.8 Å². The van der Waals surface area contributed by atoms with Crippen LogP contribution in [0.15, 0.2) is 23.2 Å². The van der Waals surface area contributed by atoms with Crippen molar-refractivity contribution in [2.75, 3.05) is 11.1 Å². The molecule has 2 atom stereocenters. The highest BCUT2D eigenvalue weighted by molar-refractivity contribution is 7.93. The van der Waals surface area contributed by atoms with Crippen LogP contribution in [-0.2, 0) is 20.2 Å². The Hall–Kier alpha value is -1.96. The molecule has 1 unspecified atom stereocenters. The minimum absolute atomic E-state index is 0.0540. The van der Waals surface area contributed by atoms with Gasteiger partial charge in [0.15, 0.2) is 9.84 Å². The van der Waals surface area contributed by atoms with E-state index in [0.717, 1.165) is 12.8 Å². The molecule has 1 heterocycles. The molecule has 1 aromatic rings. The maximum Gasteiger partial charge on any atom is 0.227 e. The molecule has 1 aliphatic heterocycles. The molecule has 0 spiro atoms. The van der Waals surface area contributed by atoms with Crippen molar-refractivity contribution in [2.24, 2.45) is 16.6 Å². The number of sulfone groups is 1. The number of carbonyl (C=O) groups excluding carboxylic acids is 1. The van der Waals surface area contributed by atoms with Gasteiger partial charge in [0.2, 0.25) is 5.91 Å². The molecule has 0 radical (unpaired) electrons. The second-order valence-corrected chi connectivity index (χ2v) is 10.5. The zero-order valence-electron chi connectivity index (χ0n) is 16.5. The Bertz CT molecular complexity index is 880. The Balaban J connectivity index is 2.44. The molecule has 0 fully saturated rings. The van der Waals surface area contributed by atoms with Crippen molar-refractivity contribution >= 4 is 27.3 Å². The zero-order chi connectivity index (χ0) is 20.6. The average molecular weight is 398 g/mol.